The Morgan fingerprint density at radius 1 is 1.58 bits per heavy atom. The number of hydrogen-bond acceptors (Lipinski definition) is 4. The number of amidine groups is 1. The Hall–Kier alpha value is -1.69. The molecule has 1 aromatic rings. The molecular weight excluding hydrogens is 262 g/mol. The highest BCUT2D eigenvalue weighted by molar-refractivity contribution is 8.13. The lowest BCUT2D eigenvalue weighted by Gasteiger charge is -2.14. The van der Waals surface area contributed by atoms with Gasteiger partial charge >= 0.3 is 6.09 Å². The SMILES string of the molecule is Nc1cccc([C@]23C[C@H]2CCSC(NC(=O)O)=N3)c1. The minimum atomic E-state index is -1.06. The van der Waals surface area contributed by atoms with Crippen LogP contribution in [0.15, 0.2) is 29.3 Å². The summed E-state index contributed by atoms with van der Waals surface area (Å²) in [6.07, 6.45) is 0.961. The molecule has 1 amide bonds. The van der Waals surface area contributed by atoms with Gasteiger partial charge in [0.2, 0.25) is 0 Å². The van der Waals surface area contributed by atoms with Crippen LogP contribution in [0.25, 0.3) is 0 Å². The van der Waals surface area contributed by atoms with Gasteiger partial charge in [-0.15, -0.1) is 0 Å². The number of nitrogens with zero attached hydrogens (tertiary/aromatic N) is 1. The maximum atomic E-state index is 10.8. The van der Waals surface area contributed by atoms with Crippen molar-refractivity contribution >= 4 is 28.7 Å². The van der Waals surface area contributed by atoms with Gasteiger partial charge in [-0.25, -0.2) is 4.79 Å². The standard InChI is InChI=1S/C13H15N3O2S/c14-10-3-1-2-8(6-10)13-7-9(13)4-5-19-11(16-13)15-12(17)18/h1-3,6,9H,4-5,7,14H2,(H,15,16)(H,17,18)/t9-,13-/m1/s1. The highest BCUT2D eigenvalue weighted by Crippen LogP contribution is 2.59. The highest BCUT2D eigenvalue weighted by atomic mass is 32.2. The van der Waals surface area contributed by atoms with E-state index in [4.69, 9.17) is 10.8 Å². The maximum Gasteiger partial charge on any atom is 0.410 e. The molecule has 5 nitrogen and oxygen atoms in total. The minimum Gasteiger partial charge on any atom is -0.465 e. The Labute approximate surface area is 115 Å². The topological polar surface area (TPSA) is 87.7 Å². The van der Waals surface area contributed by atoms with Gasteiger partial charge in [0.25, 0.3) is 0 Å². The van der Waals surface area contributed by atoms with Crippen molar-refractivity contribution in [1.29, 1.82) is 0 Å². The van der Waals surface area contributed by atoms with Crippen LogP contribution in [-0.4, -0.2) is 22.1 Å². The third-order valence-electron chi connectivity index (χ3n) is 3.68. The Bertz CT molecular complexity index is 561. The molecule has 1 aromatic carbocycles. The Morgan fingerprint density at radius 3 is 3.16 bits per heavy atom. The van der Waals surface area contributed by atoms with Crippen molar-refractivity contribution in [3.05, 3.63) is 29.8 Å². The van der Waals surface area contributed by atoms with Crippen LogP contribution in [0.3, 0.4) is 0 Å². The Kier molecular flexibility index (Phi) is 2.89. The van der Waals surface area contributed by atoms with Gasteiger partial charge in [0, 0.05) is 11.4 Å². The zero-order valence-electron chi connectivity index (χ0n) is 10.3. The summed E-state index contributed by atoms with van der Waals surface area (Å²) >= 11 is 1.47. The number of rotatable bonds is 1. The van der Waals surface area contributed by atoms with Crippen molar-refractivity contribution in [1.82, 2.24) is 5.32 Å². The molecule has 2 aliphatic rings. The van der Waals surface area contributed by atoms with Gasteiger partial charge in [-0.3, -0.25) is 10.3 Å². The van der Waals surface area contributed by atoms with E-state index in [1.165, 1.54) is 11.8 Å². The van der Waals surface area contributed by atoms with Crippen molar-refractivity contribution in [3.63, 3.8) is 0 Å². The number of nitrogens with one attached hydrogen (secondary N) is 1. The van der Waals surface area contributed by atoms with E-state index in [9.17, 15) is 4.79 Å². The largest absolute Gasteiger partial charge is 0.465 e. The zero-order chi connectivity index (χ0) is 13.5. The number of carbonyl (C=O) groups is 1. The van der Waals surface area contributed by atoms with E-state index >= 15 is 0 Å². The van der Waals surface area contributed by atoms with E-state index in [1.807, 2.05) is 24.3 Å². The van der Waals surface area contributed by atoms with Crippen LogP contribution in [0.1, 0.15) is 18.4 Å². The first kappa shape index (κ1) is 12.3. The van der Waals surface area contributed by atoms with Gasteiger partial charge in [0.15, 0.2) is 5.17 Å². The normalized spacial score (nSPS) is 28.8. The molecule has 1 fully saturated rings. The quantitative estimate of drug-likeness (QED) is 0.687. The van der Waals surface area contributed by atoms with Crippen LogP contribution in [0.5, 0.6) is 0 Å². The molecule has 1 aliphatic heterocycles. The summed E-state index contributed by atoms with van der Waals surface area (Å²) in [4.78, 5) is 15.4. The summed E-state index contributed by atoms with van der Waals surface area (Å²) in [7, 11) is 0. The second-order valence-corrected chi connectivity index (χ2v) is 6.02. The lowest BCUT2D eigenvalue weighted by Crippen LogP contribution is -2.27. The zero-order valence-corrected chi connectivity index (χ0v) is 11.1. The smallest absolute Gasteiger partial charge is 0.410 e. The average molecular weight is 277 g/mol. The molecule has 2 atom stereocenters. The van der Waals surface area contributed by atoms with Gasteiger partial charge in [-0.1, -0.05) is 23.9 Å². The number of nitrogen functional groups attached to an aromatic ring is 1. The summed E-state index contributed by atoms with van der Waals surface area (Å²) in [5, 5.41) is 11.7. The molecule has 0 radical (unpaired) electrons. The van der Waals surface area contributed by atoms with Crippen molar-refractivity contribution < 1.29 is 9.90 Å². The summed E-state index contributed by atoms with van der Waals surface area (Å²) in [5.41, 5.74) is 7.37. The van der Waals surface area contributed by atoms with Gasteiger partial charge in [-0.05, 0) is 36.5 Å². The number of hydrogen-bond donors (Lipinski definition) is 3. The number of amides is 1. The molecule has 0 aromatic heterocycles. The Morgan fingerprint density at radius 2 is 2.42 bits per heavy atom. The van der Waals surface area contributed by atoms with E-state index in [-0.39, 0.29) is 5.54 Å². The van der Waals surface area contributed by atoms with Crippen molar-refractivity contribution in [2.45, 2.75) is 18.4 Å². The molecule has 0 bridgehead atoms. The fourth-order valence-electron chi connectivity index (χ4n) is 2.69. The molecule has 1 saturated carbocycles. The second-order valence-electron chi connectivity index (χ2n) is 4.94. The first-order valence-electron chi connectivity index (χ1n) is 6.19. The second kappa shape index (κ2) is 4.45. The monoisotopic (exact) mass is 277 g/mol. The van der Waals surface area contributed by atoms with Crippen LogP contribution in [0.2, 0.25) is 0 Å². The van der Waals surface area contributed by atoms with Gasteiger partial charge in [0.05, 0.1) is 5.54 Å². The molecule has 3 rings (SSSR count). The first-order chi connectivity index (χ1) is 9.10. The lowest BCUT2D eigenvalue weighted by molar-refractivity contribution is 0.200. The van der Waals surface area contributed by atoms with Crippen LogP contribution in [0, 0.1) is 5.92 Å². The number of nitrogens with two attached hydrogens (primary N) is 1. The molecular formula is C13H15N3O2S. The molecule has 4 N–H and O–H groups in total. The van der Waals surface area contributed by atoms with E-state index in [2.05, 4.69) is 10.3 Å². The molecule has 100 valence electrons. The summed E-state index contributed by atoms with van der Waals surface area (Å²) < 4.78 is 0. The van der Waals surface area contributed by atoms with E-state index in [0.29, 0.717) is 11.1 Å². The fourth-order valence-corrected chi connectivity index (χ4v) is 3.67. The van der Waals surface area contributed by atoms with E-state index < -0.39 is 6.09 Å². The predicted molar refractivity (Wildman–Crippen MR) is 76.3 cm³/mol. The van der Waals surface area contributed by atoms with Crippen LogP contribution in [0.4, 0.5) is 10.5 Å². The number of benzene rings is 1. The van der Waals surface area contributed by atoms with Crippen molar-refractivity contribution in [3.8, 4) is 0 Å². The minimum absolute atomic E-state index is 0.267. The Balaban J connectivity index is 1.96. The number of anilines is 1. The first-order valence-corrected chi connectivity index (χ1v) is 7.17. The molecule has 6 heteroatoms. The fraction of sp³-hybridized carbons (Fsp3) is 0.385. The van der Waals surface area contributed by atoms with Crippen LogP contribution < -0.4 is 11.1 Å². The molecule has 0 saturated heterocycles. The molecule has 19 heavy (non-hydrogen) atoms. The molecule has 0 spiro atoms. The number of aliphatic imine (C=N–C) groups is 1. The average Bonchev–Trinajstić information content (AvgIpc) is 3.03. The van der Waals surface area contributed by atoms with Gasteiger partial charge in [-0.2, -0.15) is 0 Å². The van der Waals surface area contributed by atoms with Gasteiger partial charge < -0.3 is 10.8 Å². The summed E-state index contributed by atoms with van der Waals surface area (Å²) in [6, 6.07) is 7.74. The van der Waals surface area contributed by atoms with Crippen molar-refractivity contribution in [2.24, 2.45) is 10.9 Å². The maximum absolute atomic E-state index is 10.8. The van der Waals surface area contributed by atoms with Gasteiger partial charge in [0.1, 0.15) is 0 Å². The van der Waals surface area contributed by atoms with Crippen LogP contribution in [-0.2, 0) is 5.54 Å². The predicted octanol–water partition coefficient (Wildman–Crippen LogP) is 2.24. The number of carboxylic acid groups (broad SMARTS) is 1. The van der Waals surface area contributed by atoms with E-state index in [1.54, 1.807) is 0 Å². The number of fused-ring (bicyclic) bond motifs is 1. The summed E-state index contributed by atoms with van der Waals surface area (Å²) in [6.45, 7) is 0. The number of thioether (sulfide) groups is 1. The lowest BCUT2D eigenvalue weighted by atomic mass is 10.0. The molecule has 0 unspecified atom stereocenters. The van der Waals surface area contributed by atoms with E-state index in [0.717, 1.165) is 29.8 Å². The molecule has 1 aliphatic carbocycles. The van der Waals surface area contributed by atoms with Crippen molar-refractivity contribution in [2.75, 3.05) is 11.5 Å². The third-order valence-corrected chi connectivity index (χ3v) is 4.59. The third kappa shape index (κ3) is 2.28. The van der Waals surface area contributed by atoms with Crippen LogP contribution >= 0.6 is 11.8 Å². The summed E-state index contributed by atoms with van der Waals surface area (Å²) in [5.74, 6) is 1.39. The highest BCUT2D eigenvalue weighted by Gasteiger charge is 2.56. The molecule has 1 heterocycles.